The Morgan fingerprint density at radius 2 is 2.11 bits per heavy atom. The highest BCUT2D eigenvalue weighted by molar-refractivity contribution is 5.62. The van der Waals surface area contributed by atoms with Crippen LogP contribution in [0.1, 0.15) is 38.8 Å². The van der Waals surface area contributed by atoms with Crippen LogP contribution in [0.4, 0.5) is 5.69 Å². The Morgan fingerprint density at radius 3 is 2.63 bits per heavy atom. The van der Waals surface area contributed by atoms with Crippen LogP contribution < -0.4 is 15.0 Å². The smallest absolute Gasteiger partial charge is 0.125 e. The fraction of sp³-hybridized carbons (Fsp3) is 0.625. The van der Waals surface area contributed by atoms with Gasteiger partial charge in [0.25, 0.3) is 0 Å². The zero-order chi connectivity index (χ0) is 14.0. The molecule has 0 spiro atoms. The molecule has 106 valence electrons. The summed E-state index contributed by atoms with van der Waals surface area (Å²) in [4.78, 5) is 2.52. The molecular weight excluding hydrogens is 236 g/mol. The van der Waals surface area contributed by atoms with E-state index in [-0.39, 0.29) is 6.04 Å². The molecule has 0 saturated carbocycles. The number of methoxy groups -OCH3 is 1. The van der Waals surface area contributed by atoms with Gasteiger partial charge in [-0.05, 0) is 45.4 Å². The van der Waals surface area contributed by atoms with Gasteiger partial charge >= 0.3 is 0 Å². The second-order valence-corrected chi connectivity index (χ2v) is 5.75. The first kappa shape index (κ1) is 14.2. The SMILES string of the molecule is CNC(C)c1c(OC)cccc1N1CC(C)CC1C. The lowest BCUT2D eigenvalue weighted by atomic mass is 10.0. The third kappa shape index (κ3) is 2.71. The molecule has 0 amide bonds. The van der Waals surface area contributed by atoms with Gasteiger partial charge in [0.1, 0.15) is 5.75 Å². The minimum absolute atomic E-state index is 0.286. The van der Waals surface area contributed by atoms with Crippen molar-refractivity contribution in [2.45, 2.75) is 39.3 Å². The van der Waals surface area contributed by atoms with Gasteiger partial charge in [0, 0.05) is 29.9 Å². The fourth-order valence-electron chi connectivity index (χ4n) is 3.18. The zero-order valence-electron chi connectivity index (χ0n) is 12.7. The summed E-state index contributed by atoms with van der Waals surface area (Å²) in [5, 5.41) is 3.34. The maximum absolute atomic E-state index is 5.56. The maximum atomic E-state index is 5.56. The molecule has 19 heavy (non-hydrogen) atoms. The molecule has 1 N–H and O–H groups in total. The highest BCUT2D eigenvalue weighted by atomic mass is 16.5. The standard InChI is InChI=1S/C16H26N2O/c1-11-9-12(2)18(10-11)14-7-6-8-15(19-5)16(14)13(3)17-4/h6-8,11-13,17H,9-10H2,1-5H3. The van der Waals surface area contributed by atoms with Gasteiger partial charge in [0.15, 0.2) is 0 Å². The van der Waals surface area contributed by atoms with Crippen molar-refractivity contribution < 1.29 is 4.74 Å². The molecule has 1 aliphatic rings. The third-order valence-electron chi connectivity index (χ3n) is 4.22. The molecule has 0 aromatic heterocycles. The van der Waals surface area contributed by atoms with Gasteiger partial charge in [-0.3, -0.25) is 0 Å². The lowest BCUT2D eigenvalue weighted by molar-refractivity contribution is 0.403. The number of rotatable bonds is 4. The van der Waals surface area contributed by atoms with E-state index < -0.39 is 0 Å². The normalized spacial score (nSPS) is 24.6. The molecule has 1 heterocycles. The van der Waals surface area contributed by atoms with E-state index in [1.54, 1.807) is 7.11 Å². The highest BCUT2D eigenvalue weighted by Crippen LogP contribution is 2.38. The Kier molecular flexibility index (Phi) is 4.35. The molecule has 1 aliphatic heterocycles. The number of hydrogen-bond donors (Lipinski definition) is 1. The summed E-state index contributed by atoms with van der Waals surface area (Å²) in [5.41, 5.74) is 2.59. The molecule has 2 rings (SSSR count). The first-order valence-corrected chi connectivity index (χ1v) is 7.19. The minimum Gasteiger partial charge on any atom is -0.496 e. The van der Waals surface area contributed by atoms with Crippen molar-refractivity contribution in [3.8, 4) is 5.75 Å². The number of nitrogens with zero attached hydrogens (tertiary/aromatic N) is 1. The third-order valence-corrected chi connectivity index (χ3v) is 4.22. The van der Waals surface area contributed by atoms with Gasteiger partial charge in [0.05, 0.1) is 7.11 Å². The van der Waals surface area contributed by atoms with Crippen LogP contribution in [-0.4, -0.2) is 26.7 Å². The van der Waals surface area contributed by atoms with E-state index in [9.17, 15) is 0 Å². The van der Waals surface area contributed by atoms with E-state index in [1.807, 2.05) is 7.05 Å². The molecule has 1 aromatic rings. The Bertz CT molecular complexity index is 433. The van der Waals surface area contributed by atoms with Crippen LogP contribution in [0.15, 0.2) is 18.2 Å². The first-order valence-electron chi connectivity index (χ1n) is 7.19. The molecule has 3 unspecified atom stereocenters. The van der Waals surface area contributed by atoms with Crippen LogP contribution in [0.3, 0.4) is 0 Å². The fourth-order valence-corrected chi connectivity index (χ4v) is 3.18. The van der Waals surface area contributed by atoms with Crippen LogP contribution >= 0.6 is 0 Å². The summed E-state index contributed by atoms with van der Waals surface area (Å²) in [5.74, 6) is 1.74. The van der Waals surface area contributed by atoms with Gasteiger partial charge < -0.3 is 15.0 Å². The minimum atomic E-state index is 0.286. The molecule has 3 atom stereocenters. The number of benzene rings is 1. The maximum Gasteiger partial charge on any atom is 0.125 e. The van der Waals surface area contributed by atoms with Gasteiger partial charge in [-0.1, -0.05) is 13.0 Å². The van der Waals surface area contributed by atoms with Crippen molar-refractivity contribution in [1.82, 2.24) is 5.32 Å². The second kappa shape index (κ2) is 5.83. The number of hydrogen-bond acceptors (Lipinski definition) is 3. The molecule has 0 bridgehead atoms. The average Bonchev–Trinajstić information content (AvgIpc) is 2.75. The molecular formula is C16H26N2O. The highest BCUT2D eigenvalue weighted by Gasteiger charge is 2.29. The Balaban J connectivity index is 2.44. The molecule has 1 fully saturated rings. The second-order valence-electron chi connectivity index (χ2n) is 5.75. The summed E-state index contributed by atoms with van der Waals surface area (Å²) >= 11 is 0. The van der Waals surface area contributed by atoms with E-state index in [0.29, 0.717) is 6.04 Å². The van der Waals surface area contributed by atoms with E-state index in [4.69, 9.17) is 4.74 Å². The predicted octanol–water partition coefficient (Wildman–Crippen LogP) is 3.21. The van der Waals surface area contributed by atoms with E-state index in [0.717, 1.165) is 18.2 Å². The topological polar surface area (TPSA) is 24.5 Å². The monoisotopic (exact) mass is 262 g/mol. The van der Waals surface area contributed by atoms with Crippen molar-refractivity contribution in [2.24, 2.45) is 5.92 Å². The average molecular weight is 262 g/mol. The van der Waals surface area contributed by atoms with Crippen LogP contribution in [0.5, 0.6) is 5.75 Å². The molecule has 0 radical (unpaired) electrons. The van der Waals surface area contributed by atoms with Crippen molar-refractivity contribution in [1.29, 1.82) is 0 Å². The molecule has 0 aliphatic carbocycles. The van der Waals surface area contributed by atoms with Crippen LogP contribution in [0.2, 0.25) is 0 Å². The van der Waals surface area contributed by atoms with Crippen molar-refractivity contribution in [2.75, 3.05) is 25.6 Å². The van der Waals surface area contributed by atoms with Crippen LogP contribution in [0.25, 0.3) is 0 Å². The predicted molar refractivity (Wildman–Crippen MR) is 81.1 cm³/mol. The van der Waals surface area contributed by atoms with E-state index >= 15 is 0 Å². The van der Waals surface area contributed by atoms with E-state index in [2.05, 4.69) is 49.2 Å². The quantitative estimate of drug-likeness (QED) is 0.901. The largest absolute Gasteiger partial charge is 0.496 e. The zero-order valence-corrected chi connectivity index (χ0v) is 12.7. The van der Waals surface area contributed by atoms with Gasteiger partial charge in [0.2, 0.25) is 0 Å². The Morgan fingerprint density at radius 1 is 1.37 bits per heavy atom. The molecule has 3 nitrogen and oxygen atoms in total. The van der Waals surface area contributed by atoms with Gasteiger partial charge in [-0.2, -0.15) is 0 Å². The van der Waals surface area contributed by atoms with Gasteiger partial charge in [-0.25, -0.2) is 0 Å². The Hall–Kier alpha value is -1.22. The molecule has 3 heteroatoms. The number of nitrogens with one attached hydrogen (secondary N) is 1. The lowest BCUT2D eigenvalue weighted by Gasteiger charge is -2.29. The lowest BCUT2D eigenvalue weighted by Crippen LogP contribution is -2.29. The Labute approximate surface area is 116 Å². The summed E-state index contributed by atoms with van der Waals surface area (Å²) in [6.45, 7) is 7.97. The molecule has 1 aromatic carbocycles. The summed E-state index contributed by atoms with van der Waals surface area (Å²) < 4.78 is 5.56. The van der Waals surface area contributed by atoms with Crippen molar-refractivity contribution in [3.05, 3.63) is 23.8 Å². The van der Waals surface area contributed by atoms with Crippen LogP contribution in [0, 0.1) is 5.92 Å². The molecule has 1 saturated heterocycles. The number of anilines is 1. The van der Waals surface area contributed by atoms with E-state index in [1.165, 1.54) is 17.7 Å². The van der Waals surface area contributed by atoms with Crippen molar-refractivity contribution in [3.63, 3.8) is 0 Å². The van der Waals surface area contributed by atoms with Crippen molar-refractivity contribution >= 4 is 5.69 Å². The summed E-state index contributed by atoms with van der Waals surface area (Å²) in [6, 6.07) is 7.26. The number of ether oxygens (including phenoxy) is 1. The van der Waals surface area contributed by atoms with Crippen LogP contribution in [-0.2, 0) is 0 Å². The first-order chi connectivity index (χ1) is 9.08. The summed E-state index contributed by atoms with van der Waals surface area (Å²) in [6.07, 6.45) is 1.27. The summed E-state index contributed by atoms with van der Waals surface area (Å²) in [7, 11) is 3.75. The van der Waals surface area contributed by atoms with Gasteiger partial charge in [-0.15, -0.1) is 0 Å².